The van der Waals surface area contributed by atoms with Crippen LogP contribution in [0.25, 0.3) is 0 Å². The van der Waals surface area contributed by atoms with E-state index in [2.05, 4.69) is 6.92 Å². The predicted octanol–water partition coefficient (Wildman–Crippen LogP) is 1.02. The molecule has 0 amide bonds. The molecule has 78 valence electrons. The Morgan fingerprint density at radius 1 is 1.62 bits per heavy atom. The molecule has 3 heteroatoms. The second kappa shape index (κ2) is 5.58. The fraction of sp³-hybridized carbons (Fsp3) is 1.00. The van der Waals surface area contributed by atoms with Gasteiger partial charge in [-0.1, -0.05) is 6.92 Å². The van der Waals surface area contributed by atoms with Gasteiger partial charge >= 0.3 is 0 Å². The van der Waals surface area contributed by atoms with Crippen LogP contribution < -0.4 is 5.73 Å². The molecule has 0 aliphatic carbocycles. The maximum absolute atomic E-state index is 5.74. The van der Waals surface area contributed by atoms with E-state index in [0.717, 1.165) is 26.2 Å². The van der Waals surface area contributed by atoms with Crippen LogP contribution in [0.4, 0.5) is 0 Å². The van der Waals surface area contributed by atoms with E-state index in [-0.39, 0.29) is 0 Å². The van der Waals surface area contributed by atoms with Crippen molar-refractivity contribution in [3.05, 3.63) is 0 Å². The lowest BCUT2D eigenvalue weighted by molar-refractivity contribution is -0.0685. The summed E-state index contributed by atoms with van der Waals surface area (Å²) in [7, 11) is 1.73. The van der Waals surface area contributed by atoms with Crippen LogP contribution in [0.2, 0.25) is 0 Å². The van der Waals surface area contributed by atoms with Gasteiger partial charge in [-0.15, -0.1) is 0 Å². The van der Waals surface area contributed by atoms with Crippen LogP contribution >= 0.6 is 0 Å². The van der Waals surface area contributed by atoms with Gasteiger partial charge in [0.05, 0.1) is 12.7 Å². The lowest BCUT2D eigenvalue weighted by atomic mass is 9.87. The van der Waals surface area contributed by atoms with Crippen molar-refractivity contribution in [3.63, 3.8) is 0 Å². The SMILES string of the molecule is COCC(C)C1OCCCC1CN. The van der Waals surface area contributed by atoms with Crippen molar-refractivity contribution < 1.29 is 9.47 Å². The van der Waals surface area contributed by atoms with Gasteiger partial charge in [0, 0.05) is 19.6 Å². The van der Waals surface area contributed by atoms with E-state index >= 15 is 0 Å². The second-order valence-electron chi connectivity index (χ2n) is 3.91. The van der Waals surface area contributed by atoms with Crippen LogP contribution in [0, 0.1) is 11.8 Å². The molecule has 3 unspecified atom stereocenters. The molecular weight excluding hydrogens is 166 g/mol. The molecule has 3 atom stereocenters. The predicted molar refractivity (Wildman–Crippen MR) is 52.6 cm³/mol. The normalized spacial score (nSPS) is 31.6. The van der Waals surface area contributed by atoms with Gasteiger partial charge in [0.15, 0.2) is 0 Å². The zero-order valence-corrected chi connectivity index (χ0v) is 8.66. The van der Waals surface area contributed by atoms with E-state index in [1.807, 2.05) is 0 Å². The number of hydrogen-bond donors (Lipinski definition) is 1. The van der Waals surface area contributed by atoms with Gasteiger partial charge in [0.25, 0.3) is 0 Å². The number of methoxy groups -OCH3 is 1. The summed E-state index contributed by atoms with van der Waals surface area (Å²) in [4.78, 5) is 0. The Labute approximate surface area is 80.6 Å². The smallest absolute Gasteiger partial charge is 0.0662 e. The van der Waals surface area contributed by atoms with E-state index in [0.29, 0.717) is 17.9 Å². The molecule has 1 aliphatic rings. The molecular formula is C10H21NO2. The molecule has 0 spiro atoms. The fourth-order valence-corrected chi connectivity index (χ4v) is 2.10. The summed E-state index contributed by atoms with van der Waals surface area (Å²) in [5.74, 6) is 0.984. The van der Waals surface area contributed by atoms with Gasteiger partial charge in [0.2, 0.25) is 0 Å². The zero-order chi connectivity index (χ0) is 9.68. The van der Waals surface area contributed by atoms with Crippen LogP contribution in [-0.4, -0.2) is 33.0 Å². The molecule has 0 aromatic heterocycles. The summed E-state index contributed by atoms with van der Waals surface area (Å²) in [6.45, 7) is 4.55. The lowest BCUT2D eigenvalue weighted by Crippen LogP contribution is -2.40. The maximum atomic E-state index is 5.74. The Balaban J connectivity index is 2.43. The highest BCUT2D eigenvalue weighted by Gasteiger charge is 2.29. The molecule has 1 fully saturated rings. The van der Waals surface area contributed by atoms with Crippen molar-refractivity contribution in [2.45, 2.75) is 25.9 Å². The number of ether oxygens (including phenoxy) is 2. The number of hydrogen-bond acceptors (Lipinski definition) is 3. The van der Waals surface area contributed by atoms with Gasteiger partial charge in [0.1, 0.15) is 0 Å². The highest BCUT2D eigenvalue weighted by Crippen LogP contribution is 2.25. The van der Waals surface area contributed by atoms with E-state index in [9.17, 15) is 0 Å². The van der Waals surface area contributed by atoms with Gasteiger partial charge in [-0.2, -0.15) is 0 Å². The van der Waals surface area contributed by atoms with Gasteiger partial charge in [-0.3, -0.25) is 0 Å². The van der Waals surface area contributed by atoms with Gasteiger partial charge in [-0.05, 0) is 25.3 Å². The first-order valence-electron chi connectivity index (χ1n) is 5.10. The van der Waals surface area contributed by atoms with E-state index in [1.54, 1.807) is 7.11 Å². The Hall–Kier alpha value is -0.120. The number of nitrogens with two attached hydrogens (primary N) is 1. The van der Waals surface area contributed by atoms with Crippen molar-refractivity contribution >= 4 is 0 Å². The second-order valence-corrected chi connectivity index (χ2v) is 3.91. The summed E-state index contributed by atoms with van der Waals surface area (Å²) in [5, 5.41) is 0. The topological polar surface area (TPSA) is 44.5 Å². The fourth-order valence-electron chi connectivity index (χ4n) is 2.10. The van der Waals surface area contributed by atoms with Gasteiger partial charge in [-0.25, -0.2) is 0 Å². The molecule has 0 radical (unpaired) electrons. The monoisotopic (exact) mass is 187 g/mol. The first kappa shape index (κ1) is 11.0. The van der Waals surface area contributed by atoms with Crippen molar-refractivity contribution in [3.8, 4) is 0 Å². The molecule has 0 saturated carbocycles. The Kier molecular flexibility index (Phi) is 4.70. The molecule has 0 bridgehead atoms. The van der Waals surface area contributed by atoms with Crippen LogP contribution in [0.3, 0.4) is 0 Å². The minimum atomic E-state index is 0.304. The standard InChI is InChI=1S/C10H21NO2/c1-8(7-12-2)10-9(6-11)4-3-5-13-10/h8-10H,3-7,11H2,1-2H3. The van der Waals surface area contributed by atoms with E-state index in [1.165, 1.54) is 6.42 Å². The third kappa shape index (κ3) is 2.93. The van der Waals surface area contributed by atoms with Gasteiger partial charge < -0.3 is 15.2 Å². The molecule has 1 saturated heterocycles. The molecule has 0 aromatic carbocycles. The van der Waals surface area contributed by atoms with E-state index < -0.39 is 0 Å². The molecule has 3 nitrogen and oxygen atoms in total. The Morgan fingerprint density at radius 2 is 2.38 bits per heavy atom. The van der Waals surface area contributed by atoms with Crippen LogP contribution in [0.5, 0.6) is 0 Å². The number of rotatable bonds is 4. The van der Waals surface area contributed by atoms with Crippen molar-refractivity contribution in [1.29, 1.82) is 0 Å². The molecule has 1 aliphatic heterocycles. The molecule has 1 heterocycles. The average Bonchev–Trinajstić information content (AvgIpc) is 2.18. The highest BCUT2D eigenvalue weighted by molar-refractivity contribution is 4.79. The molecule has 0 aromatic rings. The first-order valence-corrected chi connectivity index (χ1v) is 5.10. The zero-order valence-electron chi connectivity index (χ0n) is 8.66. The minimum Gasteiger partial charge on any atom is -0.384 e. The molecule has 13 heavy (non-hydrogen) atoms. The maximum Gasteiger partial charge on any atom is 0.0662 e. The Morgan fingerprint density at radius 3 is 3.00 bits per heavy atom. The first-order chi connectivity index (χ1) is 6.29. The molecule has 1 rings (SSSR count). The Bertz CT molecular complexity index is 141. The summed E-state index contributed by atoms with van der Waals surface area (Å²) in [6, 6.07) is 0. The van der Waals surface area contributed by atoms with E-state index in [4.69, 9.17) is 15.2 Å². The van der Waals surface area contributed by atoms with Crippen molar-refractivity contribution in [1.82, 2.24) is 0 Å². The van der Waals surface area contributed by atoms with Crippen molar-refractivity contribution in [2.24, 2.45) is 17.6 Å². The quantitative estimate of drug-likeness (QED) is 0.714. The summed E-state index contributed by atoms with van der Waals surface area (Å²) in [5.41, 5.74) is 5.71. The highest BCUT2D eigenvalue weighted by atomic mass is 16.5. The average molecular weight is 187 g/mol. The molecule has 2 N–H and O–H groups in total. The lowest BCUT2D eigenvalue weighted by Gasteiger charge is -2.34. The van der Waals surface area contributed by atoms with Crippen LogP contribution in [-0.2, 0) is 9.47 Å². The minimum absolute atomic E-state index is 0.304. The van der Waals surface area contributed by atoms with Crippen molar-refractivity contribution in [2.75, 3.05) is 26.9 Å². The summed E-state index contributed by atoms with van der Waals surface area (Å²) in [6.07, 6.45) is 2.66. The third-order valence-corrected chi connectivity index (χ3v) is 2.79. The van der Waals surface area contributed by atoms with Crippen LogP contribution in [0.15, 0.2) is 0 Å². The van der Waals surface area contributed by atoms with Crippen LogP contribution in [0.1, 0.15) is 19.8 Å². The third-order valence-electron chi connectivity index (χ3n) is 2.79. The summed E-state index contributed by atoms with van der Waals surface area (Å²) >= 11 is 0. The summed E-state index contributed by atoms with van der Waals surface area (Å²) < 4.78 is 10.9. The largest absolute Gasteiger partial charge is 0.384 e.